The first-order valence-corrected chi connectivity index (χ1v) is 4.20. The number of Topliss-reactive ketones (excluding diaryl/α,β-unsaturated/α-hetero) is 1. The Labute approximate surface area is 83.6 Å². The molecule has 0 aromatic rings. The molecule has 0 saturated heterocycles. The Morgan fingerprint density at radius 2 is 1.42 bits per heavy atom. The topological polar surface area (TPSA) is 37.4 Å². The van der Waals surface area contributed by atoms with Crippen molar-refractivity contribution in [3.05, 3.63) is 0 Å². The summed E-state index contributed by atoms with van der Waals surface area (Å²) in [6, 6.07) is 0. The van der Waals surface area contributed by atoms with Gasteiger partial charge in [0.1, 0.15) is 5.78 Å². The van der Waals surface area contributed by atoms with Crippen molar-refractivity contribution in [3.8, 4) is 0 Å². The van der Waals surface area contributed by atoms with Crippen LogP contribution in [0.2, 0.25) is 0 Å². The van der Waals surface area contributed by atoms with Crippen molar-refractivity contribution in [1.82, 2.24) is 4.90 Å². The van der Waals surface area contributed by atoms with Crippen LogP contribution in [-0.2, 0) is 9.59 Å². The molecule has 0 saturated carbocycles. The second-order valence-electron chi connectivity index (χ2n) is 2.08. The number of amides is 1. The molecule has 0 aliphatic carbocycles. The first-order chi connectivity index (χ1) is 5.42. The van der Waals surface area contributed by atoms with Gasteiger partial charge in [0.25, 0.3) is 0 Å². The van der Waals surface area contributed by atoms with E-state index in [0.29, 0.717) is 0 Å². The van der Waals surface area contributed by atoms with Gasteiger partial charge >= 0.3 is 0 Å². The summed E-state index contributed by atoms with van der Waals surface area (Å²) in [4.78, 5) is 20.3. The Kier molecular flexibility index (Phi) is 25.1. The summed E-state index contributed by atoms with van der Waals surface area (Å²) in [6.07, 6.45) is 0.750. The van der Waals surface area contributed by atoms with E-state index in [2.05, 4.69) is 0 Å². The third kappa shape index (κ3) is 250. The van der Waals surface area contributed by atoms with Gasteiger partial charge in [0, 0.05) is 14.1 Å². The molecule has 0 fully saturated rings. The second kappa shape index (κ2) is 17.0. The molecule has 0 radical (unpaired) electrons. The molecule has 74 valence electrons. The van der Waals surface area contributed by atoms with E-state index >= 15 is 0 Å². The van der Waals surface area contributed by atoms with Gasteiger partial charge in [-0.2, -0.15) is 0 Å². The van der Waals surface area contributed by atoms with Gasteiger partial charge in [0.05, 0.1) is 5.34 Å². The number of hydrogen-bond acceptors (Lipinski definition) is 2. The smallest absolute Gasteiger partial charge is 0.209 e. The molecule has 0 N–H and O–H groups in total. The zero-order valence-corrected chi connectivity index (χ0v) is 9.32. The van der Waals surface area contributed by atoms with Crippen LogP contribution in [0.15, 0.2) is 0 Å². The molecule has 0 heterocycles. The Hall–Kier alpha value is -0.280. The highest BCUT2D eigenvalue weighted by Crippen LogP contribution is 1.73. The molecule has 0 aliphatic rings. The van der Waals surface area contributed by atoms with E-state index in [4.69, 9.17) is 23.2 Å². The summed E-state index contributed by atoms with van der Waals surface area (Å²) in [5.41, 5.74) is 0. The number of hydrogen-bond donors (Lipinski definition) is 0. The van der Waals surface area contributed by atoms with Gasteiger partial charge < -0.3 is 9.69 Å². The predicted molar refractivity (Wildman–Crippen MR) is 52.7 cm³/mol. The summed E-state index contributed by atoms with van der Waals surface area (Å²) in [5.74, 6) is 0.167. The van der Waals surface area contributed by atoms with Crippen LogP contribution in [0, 0.1) is 0 Å². The minimum Gasteiger partial charge on any atom is -0.351 e. The van der Waals surface area contributed by atoms with Gasteiger partial charge in [-0.3, -0.25) is 4.79 Å². The molecule has 0 aliphatic heterocycles. The fourth-order valence-corrected chi connectivity index (χ4v) is 0. The van der Waals surface area contributed by atoms with Crippen LogP contribution in [-0.4, -0.2) is 36.5 Å². The van der Waals surface area contributed by atoms with Crippen molar-refractivity contribution < 1.29 is 9.59 Å². The SMILES string of the molecule is CC(C)=O.CN(C)C=O.ClCCl. The van der Waals surface area contributed by atoms with Crippen molar-refractivity contribution in [3.63, 3.8) is 0 Å². The van der Waals surface area contributed by atoms with Crippen molar-refractivity contribution in [1.29, 1.82) is 0 Å². The molecule has 12 heavy (non-hydrogen) atoms. The highest BCUT2D eigenvalue weighted by molar-refractivity contribution is 6.40. The van der Waals surface area contributed by atoms with Crippen LogP contribution < -0.4 is 0 Å². The molecule has 3 nitrogen and oxygen atoms in total. The molecule has 0 unspecified atom stereocenters. The summed E-state index contributed by atoms with van der Waals surface area (Å²) in [5, 5.41) is 0.194. The summed E-state index contributed by atoms with van der Waals surface area (Å²) in [7, 11) is 3.38. The minimum atomic E-state index is 0.167. The number of carbonyl (C=O) groups is 2. The number of rotatable bonds is 1. The van der Waals surface area contributed by atoms with Crippen LogP contribution in [0.25, 0.3) is 0 Å². The van der Waals surface area contributed by atoms with Crippen LogP contribution >= 0.6 is 23.2 Å². The van der Waals surface area contributed by atoms with E-state index in [0.717, 1.165) is 6.41 Å². The number of ketones is 1. The number of nitrogens with zero attached hydrogens (tertiary/aromatic N) is 1. The molecular weight excluding hydrogens is 201 g/mol. The van der Waals surface area contributed by atoms with Crippen molar-refractivity contribution >= 4 is 35.4 Å². The Balaban J connectivity index is -0.000000105. The lowest BCUT2D eigenvalue weighted by Crippen LogP contribution is -2.06. The number of alkyl halides is 2. The van der Waals surface area contributed by atoms with Crippen LogP contribution in [0.3, 0.4) is 0 Å². The van der Waals surface area contributed by atoms with Crippen LogP contribution in [0.4, 0.5) is 0 Å². The third-order valence-corrected chi connectivity index (χ3v) is 0.211. The van der Waals surface area contributed by atoms with Gasteiger partial charge in [0.2, 0.25) is 6.41 Å². The maximum Gasteiger partial charge on any atom is 0.209 e. The first-order valence-electron chi connectivity index (χ1n) is 3.13. The van der Waals surface area contributed by atoms with E-state index in [9.17, 15) is 9.59 Å². The molecule has 0 rings (SSSR count). The van der Waals surface area contributed by atoms with Gasteiger partial charge in [-0.1, -0.05) is 0 Å². The number of carbonyl (C=O) groups excluding carboxylic acids is 2. The Bertz CT molecular complexity index is 104. The molecule has 5 heteroatoms. The fraction of sp³-hybridized carbons (Fsp3) is 0.714. The van der Waals surface area contributed by atoms with E-state index in [1.54, 1.807) is 14.1 Å². The fourth-order valence-electron chi connectivity index (χ4n) is 0. The van der Waals surface area contributed by atoms with E-state index in [1.807, 2.05) is 0 Å². The Morgan fingerprint density at radius 1 is 1.33 bits per heavy atom. The normalized spacial score (nSPS) is 6.50. The lowest BCUT2D eigenvalue weighted by molar-refractivity contribution is -0.116. The molecule has 0 bridgehead atoms. The first kappa shape index (κ1) is 17.7. The van der Waals surface area contributed by atoms with Crippen molar-refractivity contribution in [2.75, 3.05) is 19.4 Å². The zero-order valence-electron chi connectivity index (χ0n) is 7.80. The van der Waals surface area contributed by atoms with Crippen molar-refractivity contribution in [2.45, 2.75) is 13.8 Å². The molecular formula is C7H15Cl2NO2. The highest BCUT2D eigenvalue weighted by atomic mass is 35.5. The van der Waals surface area contributed by atoms with Gasteiger partial charge in [-0.25, -0.2) is 0 Å². The average Bonchev–Trinajstić information content (AvgIpc) is 1.88. The van der Waals surface area contributed by atoms with Crippen LogP contribution in [0.1, 0.15) is 13.8 Å². The minimum absolute atomic E-state index is 0.167. The third-order valence-electron chi connectivity index (χ3n) is 0.211. The summed E-state index contributed by atoms with van der Waals surface area (Å²) in [6.45, 7) is 3.06. The number of halogens is 2. The molecule has 0 atom stereocenters. The summed E-state index contributed by atoms with van der Waals surface area (Å²) < 4.78 is 0. The van der Waals surface area contributed by atoms with Crippen molar-refractivity contribution in [2.24, 2.45) is 0 Å². The lowest BCUT2D eigenvalue weighted by atomic mass is 10.6. The monoisotopic (exact) mass is 215 g/mol. The molecule has 0 aromatic carbocycles. The Morgan fingerprint density at radius 3 is 1.42 bits per heavy atom. The largest absolute Gasteiger partial charge is 0.351 e. The predicted octanol–water partition coefficient (Wildman–Crippen LogP) is 1.72. The quantitative estimate of drug-likeness (QED) is 0.494. The molecule has 0 spiro atoms. The zero-order chi connectivity index (χ0) is 10.6. The second-order valence-corrected chi connectivity index (χ2v) is 2.89. The van der Waals surface area contributed by atoms with E-state index in [1.165, 1.54) is 18.7 Å². The van der Waals surface area contributed by atoms with Gasteiger partial charge in [-0.15, -0.1) is 23.2 Å². The van der Waals surface area contributed by atoms with Gasteiger partial charge in [-0.05, 0) is 13.8 Å². The highest BCUT2D eigenvalue weighted by Gasteiger charge is 1.68. The average molecular weight is 216 g/mol. The standard InChI is InChI=1S/C3H7NO.C3H6O.CH2Cl2/c1-4(2)3-5;1-3(2)4;2-1-3/h3H,1-2H3;1-2H3;1H2. The maximum atomic E-state index is 9.44. The lowest BCUT2D eigenvalue weighted by Gasteiger charge is -1.93. The maximum absolute atomic E-state index is 9.44. The van der Waals surface area contributed by atoms with Crippen LogP contribution in [0.5, 0.6) is 0 Å². The summed E-state index contributed by atoms with van der Waals surface area (Å²) >= 11 is 9.53. The van der Waals surface area contributed by atoms with E-state index < -0.39 is 0 Å². The van der Waals surface area contributed by atoms with E-state index in [-0.39, 0.29) is 11.1 Å². The molecule has 1 amide bonds. The van der Waals surface area contributed by atoms with Gasteiger partial charge in [0.15, 0.2) is 0 Å². The molecule has 0 aromatic heterocycles.